The molecule has 0 atom stereocenters. The summed E-state index contributed by atoms with van der Waals surface area (Å²) in [4.78, 5) is 0. The molecule has 0 aliphatic rings. The van der Waals surface area contributed by atoms with Crippen LogP contribution in [-0.2, 0) is 0 Å². The standard InChI is InChI=1S/C13H16N2Si/c16-13(14-11-7-3-1-4-8-11)15-12-9-5-2-6-10-12/h1-10,13-15H,16H3. The van der Waals surface area contributed by atoms with E-state index in [9.17, 15) is 0 Å². The third-order valence-corrected chi connectivity index (χ3v) is 2.89. The zero-order valence-corrected chi connectivity index (χ0v) is 11.4. The van der Waals surface area contributed by atoms with Crippen LogP contribution in [0.3, 0.4) is 0 Å². The first kappa shape index (κ1) is 10.8. The van der Waals surface area contributed by atoms with E-state index in [1.54, 1.807) is 0 Å². The Balaban J connectivity index is 1.92. The Morgan fingerprint density at radius 1 is 0.688 bits per heavy atom. The quantitative estimate of drug-likeness (QED) is 0.616. The van der Waals surface area contributed by atoms with Gasteiger partial charge in [-0.15, -0.1) is 0 Å². The summed E-state index contributed by atoms with van der Waals surface area (Å²) in [5.74, 6) is 0.338. The van der Waals surface area contributed by atoms with E-state index in [4.69, 9.17) is 0 Å². The van der Waals surface area contributed by atoms with Crippen molar-refractivity contribution in [2.45, 2.75) is 5.79 Å². The van der Waals surface area contributed by atoms with Crippen molar-refractivity contribution in [1.82, 2.24) is 0 Å². The molecule has 2 rings (SSSR count). The van der Waals surface area contributed by atoms with E-state index < -0.39 is 0 Å². The summed E-state index contributed by atoms with van der Waals surface area (Å²) in [6.45, 7) is 0. The zero-order chi connectivity index (χ0) is 11.2. The Hall–Kier alpha value is -1.74. The summed E-state index contributed by atoms with van der Waals surface area (Å²) in [6, 6.07) is 20.5. The van der Waals surface area contributed by atoms with Crippen LogP contribution in [0.1, 0.15) is 0 Å². The molecule has 2 N–H and O–H groups in total. The van der Waals surface area contributed by atoms with Gasteiger partial charge in [0.15, 0.2) is 0 Å². The van der Waals surface area contributed by atoms with Crippen LogP contribution >= 0.6 is 0 Å². The Bertz CT molecular complexity index is 375. The van der Waals surface area contributed by atoms with Gasteiger partial charge < -0.3 is 10.6 Å². The SMILES string of the molecule is [SiH3]C(Nc1ccccc1)Nc1ccccc1. The predicted octanol–water partition coefficient (Wildman–Crippen LogP) is 1.86. The average Bonchev–Trinajstić information content (AvgIpc) is 2.31. The first-order valence-electron chi connectivity index (χ1n) is 5.48. The van der Waals surface area contributed by atoms with Gasteiger partial charge in [-0.3, -0.25) is 0 Å². The van der Waals surface area contributed by atoms with Gasteiger partial charge in [0, 0.05) is 11.4 Å². The third-order valence-electron chi connectivity index (χ3n) is 2.31. The number of benzene rings is 2. The molecule has 82 valence electrons. The van der Waals surface area contributed by atoms with Crippen molar-refractivity contribution < 1.29 is 0 Å². The molecule has 0 radical (unpaired) electrons. The normalized spacial score (nSPS) is 10.3. The minimum atomic E-state index is 0.338. The minimum Gasteiger partial charge on any atom is -0.369 e. The van der Waals surface area contributed by atoms with Gasteiger partial charge in [0.2, 0.25) is 0 Å². The highest BCUT2D eigenvalue weighted by molar-refractivity contribution is 6.14. The molecule has 0 aliphatic carbocycles. The molecule has 0 saturated carbocycles. The van der Waals surface area contributed by atoms with E-state index in [1.807, 2.05) is 36.4 Å². The molecule has 16 heavy (non-hydrogen) atoms. The Labute approximate surface area is 99.1 Å². The molecule has 0 aromatic heterocycles. The van der Waals surface area contributed by atoms with Crippen LogP contribution < -0.4 is 10.6 Å². The summed E-state index contributed by atoms with van der Waals surface area (Å²) in [7, 11) is 1.04. The molecule has 2 aromatic rings. The lowest BCUT2D eigenvalue weighted by Gasteiger charge is -2.18. The third kappa shape index (κ3) is 3.14. The van der Waals surface area contributed by atoms with Crippen molar-refractivity contribution in [2.75, 3.05) is 10.6 Å². The molecule has 0 spiro atoms. The first-order chi connectivity index (χ1) is 7.84. The van der Waals surface area contributed by atoms with E-state index in [-0.39, 0.29) is 0 Å². The monoisotopic (exact) mass is 228 g/mol. The summed E-state index contributed by atoms with van der Waals surface area (Å²) < 4.78 is 0. The topological polar surface area (TPSA) is 24.1 Å². The van der Waals surface area contributed by atoms with E-state index in [0.29, 0.717) is 5.79 Å². The van der Waals surface area contributed by atoms with Crippen molar-refractivity contribution in [1.29, 1.82) is 0 Å². The van der Waals surface area contributed by atoms with Gasteiger partial charge in [-0.1, -0.05) is 36.4 Å². The summed E-state index contributed by atoms with van der Waals surface area (Å²) in [5, 5.41) is 6.88. The lowest BCUT2D eigenvalue weighted by atomic mass is 10.3. The van der Waals surface area contributed by atoms with Gasteiger partial charge in [-0.2, -0.15) is 0 Å². The summed E-state index contributed by atoms with van der Waals surface area (Å²) in [6.07, 6.45) is 0. The maximum Gasteiger partial charge on any atom is 0.0730 e. The van der Waals surface area contributed by atoms with Crippen LogP contribution in [0.2, 0.25) is 0 Å². The summed E-state index contributed by atoms with van der Waals surface area (Å²) in [5.41, 5.74) is 2.32. The van der Waals surface area contributed by atoms with E-state index in [2.05, 4.69) is 34.9 Å². The van der Waals surface area contributed by atoms with Gasteiger partial charge in [-0.05, 0) is 24.3 Å². The molecule has 0 aliphatic heterocycles. The predicted molar refractivity (Wildman–Crippen MR) is 73.9 cm³/mol. The second-order valence-corrected chi connectivity index (χ2v) is 4.90. The van der Waals surface area contributed by atoms with Crippen molar-refractivity contribution in [3.05, 3.63) is 60.7 Å². The molecular weight excluding hydrogens is 212 g/mol. The van der Waals surface area contributed by atoms with Crippen LogP contribution in [-0.4, -0.2) is 16.0 Å². The molecule has 2 aromatic carbocycles. The molecule has 2 nitrogen and oxygen atoms in total. The van der Waals surface area contributed by atoms with Gasteiger partial charge in [0.05, 0.1) is 16.0 Å². The Morgan fingerprint density at radius 3 is 1.44 bits per heavy atom. The lowest BCUT2D eigenvalue weighted by Crippen LogP contribution is -2.28. The molecular formula is C13H16N2Si. The van der Waals surface area contributed by atoms with Crippen LogP contribution in [0.5, 0.6) is 0 Å². The highest BCUT2D eigenvalue weighted by Crippen LogP contribution is 2.09. The molecule has 0 bridgehead atoms. The van der Waals surface area contributed by atoms with Crippen LogP contribution in [0.4, 0.5) is 11.4 Å². The second kappa shape index (κ2) is 5.37. The number of para-hydroxylation sites is 2. The largest absolute Gasteiger partial charge is 0.369 e. The van der Waals surface area contributed by atoms with Crippen molar-refractivity contribution in [3.63, 3.8) is 0 Å². The summed E-state index contributed by atoms with van der Waals surface area (Å²) >= 11 is 0. The van der Waals surface area contributed by atoms with E-state index in [1.165, 1.54) is 0 Å². The maximum atomic E-state index is 3.44. The van der Waals surface area contributed by atoms with Gasteiger partial charge >= 0.3 is 0 Å². The zero-order valence-electron chi connectivity index (χ0n) is 9.35. The van der Waals surface area contributed by atoms with Crippen LogP contribution in [0.25, 0.3) is 0 Å². The van der Waals surface area contributed by atoms with Crippen molar-refractivity contribution in [2.24, 2.45) is 0 Å². The van der Waals surface area contributed by atoms with E-state index in [0.717, 1.165) is 21.6 Å². The molecule has 0 amide bonds. The van der Waals surface area contributed by atoms with Gasteiger partial charge in [-0.25, -0.2) is 0 Å². The van der Waals surface area contributed by atoms with Crippen molar-refractivity contribution >= 4 is 21.6 Å². The fraction of sp³-hybridized carbons (Fsp3) is 0.0769. The van der Waals surface area contributed by atoms with Gasteiger partial charge in [0.1, 0.15) is 0 Å². The molecule has 3 heteroatoms. The fourth-order valence-corrected chi connectivity index (χ4v) is 2.27. The molecule has 0 saturated heterocycles. The Morgan fingerprint density at radius 2 is 1.06 bits per heavy atom. The second-order valence-electron chi connectivity index (χ2n) is 3.74. The number of anilines is 2. The van der Waals surface area contributed by atoms with Crippen molar-refractivity contribution in [3.8, 4) is 0 Å². The molecule has 0 fully saturated rings. The molecule has 0 unspecified atom stereocenters. The lowest BCUT2D eigenvalue weighted by molar-refractivity contribution is 1.12. The molecule has 0 heterocycles. The Kier molecular flexibility index (Phi) is 3.61. The smallest absolute Gasteiger partial charge is 0.0730 e. The average molecular weight is 228 g/mol. The maximum absolute atomic E-state index is 3.44. The number of hydrogen-bond acceptors (Lipinski definition) is 2. The van der Waals surface area contributed by atoms with Crippen LogP contribution in [0, 0.1) is 0 Å². The first-order valence-corrected chi connectivity index (χ1v) is 6.63. The fourth-order valence-electron chi connectivity index (χ4n) is 1.60. The number of nitrogens with one attached hydrogen (secondary N) is 2. The van der Waals surface area contributed by atoms with E-state index >= 15 is 0 Å². The minimum absolute atomic E-state index is 0.338. The highest BCUT2D eigenvalue weighted by atomic mass is 28.1. The van der Waals surface area contributed by atoms with Crippen LogP contribution in [0.15, 0.2) is 60.7 Å². The number of rotatable bonds is 4. The highest BCUT2D eigenvalue weighted by Gasteiger charge is 1.99. The number of hydrogen-bond donors (Lipinski definition) is 2. The van der Waals surface area contributed by atoms with Gasteiger partial charge in [0.25, 0.3) is 0 Å².